The molecule has 1 aliphatic rings. The van der Waals surface area contributed by atoms with Crippen LogP contribution in [0.15, 0.2) is 35.1 Å². The van der Waals surface area contributed by atoms with E-state index in [9.17, 15) is 0 Å². The zero-order chi connectivity index (χ0) is 9.64. The highest BCUT2D eigenvalue weighted by Gasteiger charge is 1.95. The molecule has 0 spiro atoms. The fraction of sp³-hybridized carbons (Fsp3) is 0.364. The molecule has 74 valence electrons. The zero-order valence-corrected chi connectivity index (χ0v) is 8.80. The summed E-state index contributed by atoms with van der Waals surface area (Å²) in [4.78, 5) is 3.95. The van der Waals surface area contributed by atoms with E-state index in [1.54, 1.807) is 0 Å². The second kappa shape index (κ2) is 5.05. The minimum atomic E-state index is 0.845. The number of thioether (sulfide) groups is 1. The van der Waals surface area contributed by atoms with Gasteiger partial charge in [0.2, 0.25) is 0 Å². The maximum absolute atomic E-state index is 5.01. The van der Waals surface area contributed by atoms with Crippen LogP contribution < -0.4 is 0 Å². The van der Waals surface area contributed by atoms with Gasteiger partial charge in [0.25, 0.3) is 0 Å². The summed E-state index contributed by atoms with van der Waals surface area (Å²) in [6, 6.07) is 7.67. The molecule has 2 heterocycles. The molecule has 2 aromatic rings. The lowest BCUT2D eigenvalue weighted by Gasteiger charge is -1.79. The predicted octanol–water partition coefficient (Wildman–Crippen LogP) is 3.34. The molecule has 0 radical (unpaired) electrons. The Balaban J connectivity index is 0.000000128. The summed E-state index contributed by atoms with van der Waals surface area (Å²) in [7, 11) is 0. The van der Waals surface area contributed by atoms with Crippen LogP contribution in [0.25, 0.3) is 11.1 Å². The van der Waals surface area contributed by atoms with Crippen LogP contribution >= 0.6 is 11.8 Å². The largest absolute Gasteiger partial charge is 0.443 e. The van der Waals surface area contributed by atoms with Crippen molar-refractivity contribution in [1.29, 1.82) is 0 Å². The van der Waals surface area contributed by atoms with Gasteiger partial charge in [-0.2, -0.15) is 11.8 Å². The lowest BCUT2D eigenvalue weighted by atomic mass is 10.3. The summed E-state index contributed by atoms with van der Waals surface area (Å²) < 4.78 is 5.01. The van der Waals surface area contributed by atoms with Crippen molar-refractivity contribution in [3.05, 3.63) is 30.7 Å². The van der Waals surface area contributed by atoms with Crippen LogP contribution in [-0.2, 0) is 0 Å². The van der Waals surface area contributed by atoms with Crippen molar-refractivity contribution in [3.63, 3.8) is 0 Å². The molecule has 0 amide bonds. The van der Waals surface area contributed by atoms with Crippen LogP contribution in [0.2, 0.25) is 0 Å². The minimum Gasteiger partial charge on any atom is -0.443 e. The number of rotatable bonds is 0. The molecule has 1 aromatic carbocycles. The van der Waals surface area contributed by atoms with E-state index in [-0.39, 0.29) is 0 Å². The van der Waals surface area contributed by atoms with Gasteiger partial charge in [-0.25, -0.2) is 4.98 Å². The third kappa shape index (κ3) is 2.51. The first-order chi connectivity index (χ1) is 6.97. The SMILES string of the molecule is C1CCSC1.c1ccc2ocnc2c1. The average Bonchev–Trinajstić information content (AvgIpc) is 2.92. The van der Waals surface area contributed by atoms with Gasteiger partial charge >= 0.3 is 0 Å². The molecule has 0 bridgehead atoms. The molecule has 3 rings (SSSR count). The summed E-state index contributed by atoms with van der Waals surface area (Å²) in [6.07, 6.45) is 4.38. The second-order valence-electron chi connectivity index (χ2n) is 3.14. The molecule has 1 aliphatic heterocycles. The van der Waals surface area contributed by atoms with Gasteiger partial charge in [0.05, 0.1) is 0 Å². The van der Waals surface area contributed by atoms with Gasteiger partial charge < -0.3 is 4.42 Å². The highest BCUT2D eigenvalue weighted by molar-refractivity contribution is 7.99. The van der Waals surface area contributed by atoms with Crippen molar-refractivity contribution < 1.29 is 4.42 Å². The van der Waals surface area contributed by atoms with Crippen molar-refractivity contribution in [2.75, 3.05) is 11.5 Å². The van der Waals surface area contributed by atoms with Gasteiger partial charge in [-0.15, -0.1) is 0 Å². The molecule has 0 saturated carbocycles. The first-order valence-corrected chi connectivity index (χ1v) is 5.98. The van der Waals surface area contributed by atoms with Crippen LogP contribution in [0.3, 0.4) is 0 Å². The van der Waals surface area contributed by atoms with E-state index in [1.165, 1.54) is 30.7 Å². The molecule has 1 aromatic heterocycles. The molecule has 1 saturated heterocycles. The molecule has 1 fully saturated rings. The Hall–Kier alpha value is -0.960. The van der Waals surface area contributed by atoms with E-state index in [0.29, 0.717) is 0 Å². The summed E-state index contributed by atoms with van der Waals surface area (Å²) in [6.45, 7) is 0. The molecule has 0 aliphatic carbocycles. The Morgan fingerprint density at radius 3 is 2.57 bits per heavy atom. The highest BCUT2D eigenvalue weighted by atomic mass is 32.2. The van der Waals surface area contributed by atoms with Crippen molar-refractivity contribution in [3.8, 4) is 0 Å². The summed E-state index contributed by atoms with van der Waals surface area (Å²) in [5.74, 6) is 2.83. The fourth-order valence-electron chi connectivity index (χ4n) is 1.31. The molecule has 0 atom stereocenters. The zero-order valence-electron chi connectivity index (χ0n) is 7.98. The van der Waals surface area contributed by atoms with Gasteiger partial charge in [0.1, 0.15) is 5.52 Å². The van der Waals surface area contributed by atoms with Crippen molar-refractivity contribution in [2.24, 2.45) is 0 Å². The predicted molar refractivity (Wildman–Crippen MR) is 60.6 cm³/mol. The lowest BCUT2D eigenvalue weighted by Crippen LogP contribution is -1.61. The quantitative estimate of drug-likeness (QED) is 0.662. The number of para-hydroxylation sites is 2. The molecular formula is C11H13NOS. The minimum absolute atomic E-state index is 0.845. The maximum atomic E-state index is 5.01. The van der Waals surface area contributed by atoms with E-state index in [1.807, 2.05) is 24.3 Å². The second-order valence-corrected chi connectivity index (χ2v) is 4.36. The Morgan fingerprint density at radius 2 is 1.93 bits per heavy atom. The Labute approximate surface area is 87.7 Å². The fourth-order valence-corrected chi connectivity index (χ4v) is 2.33. The Kier molecular flexibility index (Phi) is 3.46. The van der Waals surface area contributed by atoms with Gasteiger partial charge in [-0.1, -0.05) is 12.1 Å². The molecule has 2 nitrogen and oxygen atoms in total. The first-order valence-electron chi connectivity index (χ1n) is 4.83. The third-order valence-electron chi connectivity index (χ3n) is 2.06. The summed E-state index contributed by atoms with van der Waals surface area (Å²) in [5, 5.41) is 0. The third-order valence-corrected chi connectivity index (χ3v) is 3.22. The number of benzene rings is 1. The van der Waals surface area contributed by atoms with Crippen molar-refractivity contribution in [1.82, 2.24) is 4.98 Å². The molecule has 0 unspecified atom stereocenters. The van der Waals surface area contributed by atoms with E-state index >= 15 is 0 Å². The molecule has 0 N–H and O–H groups in total. The molecule has 14 heavy (non-hydrogen) atoms. The van der Waals surface area contributed by atoms with Crippen LogP contribution in [-0.4, -0.2) is 16.5 Å². The number of oxazole rings is 1. The Morgan fingerprint density at radius 1 is 1.14 bits per heavy atom. The van der Waals surface area contributed by atoms with Crippen molar-refractivity contribution in [2.45, 2.75) is 12.8 Å². The van der Waals surface area contributed by atoms with Crippen molar-refractivity contribution >= 4 is 22.9 Å². The van der Waals surface area contributed by atoms with Crippen LogP contribution in [0.5, 0.6) is 0 Å². The first kappa shape index (κ1) is 9.59. The summed E-state index contributed by atoms with van der Waals surface area (Å²) in [5.41, 5.74) is 1.76. The van der Waals surface area contributed by atoms with Gasteiger partial charge in [-0.05, 0) is 36.5 Å². The van der Waals surface area contributed by atoms with E-state index < -0.39 is 0 Å². The number of fused-ring (bicyclic) bond motifs is 1. The molecule has 3 heteroatoms. The topological polar surface area (TPSA) is 26.0 Å². The van der Waals surface area contributed by atoms with Gasteiger partial charge in [0.15, 0.2) is 12.0 Å². The number of hydrogen-bond acceptors (Lipinski definition) is 3. The van der Waals surface area contributed by atoms with E-state index in [0.717, 1.165) is 11.1 Å². The van der Waals surface area contributed by atoms with Crippen LogP contribution in [0, 0.1) is 0 Å². The average molecular weight is 207 g/mol. The van der Waals surface area contributed by atoms with E-state index in [2.05, 4.69) is 16.7 Å². The summed E-state index contributed by atoms with van der Waals surface area (Å²) >= 11 is 2.07. The van der Waals surface area contributed by atoms with Gasteiger partial charge in [0, 0.05) is 0 Å². The van der Waals surface area contributed by atoms with Crippen LogP contribution in [0.4, 0.5) is 0 Å². The Bertz CT molecular complexity index is 344. The maximum Gasteiger partial charge on any atom is 0.181 e. The number of nitrogens with zero attached hydrogens (tertiary/aromatic N) is 1. The number of aromatic nitrogens is 1. The number of hydrogen-bond donors (Lipinski definition) is 0. The monoisotopic (exact) mass is 207 g/mol. The molecular weight excluding hydrogens is 194 g/mol. The normalized spacial score (nSPS) is 15.1. The van der Waals surface area contributed by atoms with Gasteiger partial charge in [-0.3, -0.25) is 0 Å². The van der Waals surface area contributed by atoms with Crippen LogP contribution in [0.1, 0.15) is 12.8 Å². The smallest absolute Gasteiger partial charge is 0.181 e. The lowest BCUT2D eigenvalue weighted by molar-refractivity contribution is 0.602. The standard InChI is InChI=1S/C7H5NO.C4H8S/c1-2-4-7-6(3-1)8-5-9-7;1-2-4-5-3-1/h1-5H;1-4H2. The highest BCUT2D eigenvalue weighted by Crippen LogP contribution is 2.14. The van der Waals surface area contributed by atoms with E-state index in [4.69, 9.17) is 4.42 Å².